The lowest BCUT2D eigenvalue weighted by molar-refractivity contribution is -0.169. The number of halogens is 14. The zero-order valence-electron chi connectivity index (χ0n) is 79.9. The highest BCUT2D eigenvalue weighted by Gasteiger charge is 2.64. The number of nitrogens with zero attached hydrogens (tertiary/aromatic N) is 10. The van der Waals surface area contributed by atoms with Crippen LogP contribution in [0.2, 0.25) is 0 Å². The van der Waals surface area contributed by atoms with E-state index in [9.17, 15) is 85.4 Å². The van der Waals surface area contributed by atoms with Crippen LogP contribution >= 0.6 is 0 Å². The molecule has 10 aliphatic rings. The number of nitrogens with two attached hydrogens (primary N) is 5. The van der Waals surface area contributed by atoms with Gasteiger partial charge in [-0.15, -0.1) is 25.5 Å². The highest BCUT2D eigenvalue weighted by atomic mass is 19.2. The first-order chi connectivity index (χ1) is 69.7. The average molecular weight is 2030 g/mol. The summed E-state index contributed by atoms with van der Waals surface area (Å²) in [6, 6.07) is 36.1. The number of aryl methyl sites for hydroxylation is 5. The predicted molar refractivity (Wildman–Crippen MR) is 504 cm³/mol. The lowest BCUT2D eigenvalue weighted by atomic mass is 9.74. The lowest BCUT2D eigenvalue weighted by Crippen LogP contribution is -2.54. The topological polar surface area (TPSA) is 358 Å². The quantitative estimate of drug-likeness (QED) is 0.0595. The number of hydrazone groups is 5. The minimum Gasteiger partial charge on any atom is -0.493 e. The Hall–Kier alpha value is -14.7. The second kappa shape index (κ2) is 42.2. The van der Waals surface area contributed by atoms with E-state index in [1.165, 1.54) is 88.2 Å². The van der Waals surface area contributed by atoms with Crippen LogP contribution in [0.1, 0.15) is 169 Å². The molecule has 7 heterocycles. The van der Waals surface area contributed by atoms with Crippen LogP contribution in [0, 0.1) is 125 Å². The fourth-order valence-corrected chi connectivity index (χ4v) is 20.8. The van der Waals surface area contributed by atoms with Gasteiger partial charge in [-0.3, -0.25) is 24.0 Å². The Morgan fingerprint density at radius 1 is 0.295 bits per heavy atom. The number of carbonyl (C=O) groups is 5. The molecule has 10 atom stereocenters. The third kappa shape index (κ3) is 19.1. The highest BCUT2D eigenvalue weighted by Crippen LogP contribution is 2.58. The van der Waals surface area contributed by atoms with Gasteiger partial charge in [0.05, 0.1) is 64.0 Å². The maximum Gasteiger partial charge on any atom is 0.244 e. The summed E-state index contributed by atoms with van der Waals surface area (Å²) in [5.41, 5.74) is 26.3. The Labute approximate surface area is 828 Å². The van der Waals surface area contributed by atoms with Crippen molar-refractivity contribution in [1.29, 1.82) is 0 Å². The monoisotopic (exact) mass is 2030 g/mol. The molecule has 0 bridgehead atoms. The van der Waals surface area contributed by atoms with Gasteiger partial charge >= 0.3 is 0 Å². The normalized spacial score (nSPS) is 22.8. The van der Waals surface area contributed by atoms with Crippen LogP contribution in [0.5, 0.6) is 11.5 Å². The summed E-state index contributed by atoms with van der Waals surface area (Å²) in [4.78, 5) is 62.8. The van der Waals surface area contributed by atoms with Gasteiger partial charge in [0.2, 0.25) is 87.6 Å². The molecule has 5 amide bonds. The summed E-state index contributed by atoms with van der Waals surface area (Å²) < 4.78 is 241. The highest BCUT2D eigenvalue weighted by molar-refractivity contribution is 6.01. The Kier molecular flexibility index (Phi) is 30.1. The van der Waals surface area contributed by atoms with Gasteiger partial charge in [0.1, 0.15) is 92.9 Å². The zero-order chi connectivity index (χ0) is 105. The van der Waals surface area contributed by atoms with Gasteiger partial charge in [0.15, 0.2) is 0 Å². The summed E-state index contributed by atoms with van der Waals surface area (Å²) in [6.45, 7) is 11.5. The van der Waals surface area contributed by atoms with Gasteiger partial charge in [-0.25, -0.2) is 61.5 Å². The van der Waals surface area contributed by atoms with Crippen LogP contribution in [-0.2, 0) is 95.5 Å². The first-order valence-corrected chi connectivity index (χ1v) is 47.0. The predicted octanol–water partition coefficient (Wildman–Crippen LogP) is 16.4. The van der Waals surface area contributed by atoms with E-state index in [4.69, 9.17) is 61.8 Å². The van der Waals surface area contributed by atoms with Gasteiger partial charge in [-0.2, -0.15) is 25.0 Å². The van der Waals surface area contributed by atoms with Gasteiger partial charge in [0, 0.05) is 69.1 Å². The van der Waals surface area contributed by atoms with Crippen molar-refractivity contribution in [2.75, 3.05) is 45.9 Å². The van der Waals surface area contributed by atoms with Gasteiger partial charge in [-0.05, 0) is 285 Å². The second-order valence-electron chi connectivity index (χ2n) is 36.4. The number of carbonyl (C=O) groups excluding carboxylic acids is 5. The van der Waals surface area contributed by atoms with Crippen LogP contribution in [-0.4, -0.2) is 130 Å². The number of fused-ring (bicyclic) bond motifs is 10. The minimum atomic E-state index is -1.60. The van der Waals surface area contributed by atoms with Crippen molar-refractivity contribution in [2.45, 2.75) is 148 Å². The number of rotatable bonds is 15. The van der Waals surface area contributed by atoms with Gasteiger partial charge < -0.3 is 61.8 Å². The van der Waals surface area contributed by atoms with Crippen molar-refractivity contribution < 1.29 is 119 Å². The third-order valence-corrected chi connectivity index (χ3v) is 27.2. The van der Waals surface area contributed by atoms with Crippen molar-refractivity contribution in [2.24, 2.45) is 83.8 Å². The lowest BCUT2D eigenvalue weighted by Gasteiger charge is -2.45. The van der Waals surface area contributed by atoms with Crippen LogP contribution in [0.4, 0.5) is 61.5 Å². The second-order valence-corrected chi connectivity index (χ2v) is 36.4. The molecule has 10 unspecified atom stereocenters. The maximum atomic E-state index is 14.5. The van der Waals surface area contributed by atoms with E-state index in [1.54, 1.807) is 26.0 Å². The molecular weight excluding hydrogens is 1930 g/mol. The van der Waals surface area contributed by atoms with Crippen molar-refractivity contribution in [3.05, 3.63) is 341 Å². The molecular formula is C105H101F14N15O12. The molecule has 0 aromatic heterocycles. The molecule has 0 radical (unpaired) electrons. The molecule has 3 aliphatic carbocycles. The number of ether oxygens (including phenoxy) is 7. The minimum absolute atomic E-state index is 0.106. The van der Waals surface area contributed by atoms with Crippen LogP contribution in [0.3, 0.4) is 0 Å². The molecule has 10 N–H and O–H groups in total. The summed E-state index contributed by atoms with van der Waals surface area (Å²) in [7, 11) is 0. The smallest absolute Gasteiger partial charge is 0.244 e. The first-order valence-electron chi connectivity index (χ1n) is 47.0. The summed E-state index contributed by atoms with van der Waals surface area (Å²) in [5.74, 6) is -13.6. The summed E-state index contributed by atoms with van der Waals surface area (Å²) in [5, 5.41) is 26.7. The molecule has 0 saturated carbocycles. The van der Waals surface area contributed by atoms with Crippen LogP contribution in [0.15, 0.2) is 201 Å². The molecule has 766 valence electrons. The number of hydrogen-bond acceptors (Lipinski definition) is 22. The molecule has 41 heteroatoms. The number of benzene rings is 10. The van der Waals surface area contributed by atoms with Gasteiger partial charge in [0.25, 0.3) is 0 Å². The van der Waals surface area contributed by atoms with E-state index < -0.39 is 146 Å². The van der Waals surface area contributed by atoms with E-state index >= 15 is 0 Å². The number of hydrogen-bond donors (Lipinski definition) is 5. The van der Waals surface area contributed by atoms with E-state index in [2.05, 4.69) is 25.5 Å². The first kappa shape index (κ1) is 104. The summed E-state index contributed by atoms with van der Waals surface area (Å²) >= 11 is 0. The van der Waals surface area contributed by atoms with Crippen LogP contribution < -0.4 is 38.1 Å². The van der Waals surface area contributed by atoms with E-state index in [0.29, 0.717) is 111 Å². The maximum absolute atomic E-state index is 14.5. The Morgan fingerprint density at radius 2 is 0.568 bits per heavy atom. The molecule has 0 saturated heterocycles. The Bertz CT molecular complexity index is 6820. The third-order valence-electron chi connectivity index (χ3n) is 27.2. The molecule has 10 aromatic carbocycles. The van der Waals surface area contributed by atoms with Crippen molar-refractivity contribution in [3.63, 3.8) is 0 Å². The zero-order valence-corrected chi connectivity index (χ0v) is 79.9. The van der Waals surface area contributed by atoms with E-state index in [0.717, 1.165) is 146 Å². The fourth-order valence-electron chi connectivity index (χ4n) is 20.8. The molecule has 20 rings (SSSR count). The molecule has 7 aliphatic heterocycles. The fraction of sp³-hybridized carbons (Fsp3) is 0.333. The molecule has 5 spiro atoms. The Morgan fingerprint density at radius 3 is 0.897 bits per heavy atom. The summed E-state index contributed by atoms with van der Waals surface area (Å²) in [6.07, 6.45) is 6.38. The molecule has 0 fully saturated rings. The molecule has 27 nitrogen and oxygen atoms in total. The van der Waals surface area contributed by atoms with Crippen molar-refractivity contribution in [3.8, 4) is 11.5 Å². The van der Waals surface area contributed by atoms with Gasteiger partial charge in [-0.1, -0.05) is 36.4 Å². The van der Waals surface area contributed by atoms with Crippen molar-refractivity contribution in [1.82, 2.24) is 25.0 Å². The number of amides is 5. The molecule has 146 heavy (non-hydrogen) atoms. The molecule has 10 aromatic rings. The Balaban J connectivity index is 0.000000131. The SMILES string of the molecule is CC(=O)N1N=C(c2cc(F)ccc2F)OC12c1cc(F)c(C)cc1OCC2CCN.CC(=O)N1N=C(c2cc(F)ccc2F)OC12c1cc(F)cc(C)c1OCC2CCN.CC(=O)N1N=C(c2cc(F)ccc2F)OC12c1cc(F)ccc1CCC2CCN.CC(=O)N1N=C(c2cc(F)ccc2F)OC12c1cc(F)ccc1CCC2CCN.CC(=O)N1N=C(c2cc(F)ccc2F)OC12c1ccccc1CCC2CCN. The average Bonchev–Trinajstić information content (AvgIpc) is 1.51. The standard InChI is InChI=1S/2C21H20F3N3O3.2C21H20F3N3O2.C21H21F2N3O2/c1-11-7-19-16(9-18(11)24)21(13(5-6-25)10-29-19)27(12(2)28)26-20(30-21)15-8-14(22)3-4-17(15)23;1-11-7-15(23)9-17-19(11)29-10-13(5-6-25)21(17)27(12(2)28)26-20(30-21)16-8-14(22)3-4-18(16)24;2*1-12(28)27-21(29-20(26-27)17-10-15(22)6-7-19(17)24)14(8-9-25)4-2-13-3-5-16(23)11-18(13)21;1-13(27)26-21(28-20(25-26)17-12-16(22)8-9-19(17)23)15(10-11-24)7-6-14-4-2-3-5-18(14)21/h2*3-4,7-9,13H,5-6,10,25H2,1-2H3;2*3,5-7,10-11,14H,2,4,8-9,25H2,1H3;2-5,8-9,12,15H,6-7,10-11,24H2,1H3. The van der Waals surface area contributed by atoms with E-state index in [-0.39, 0.29) is 118 Å². The van der Waals surface area contributed by atoms with Crippen LogP contribution in [0.25, 0.3) is 0 Å². The van der Waals surface area contributed by atoms with E-state index in [1.807, 2.05) is 24.3 Å². The largest absolute Gasteiger partial charge is 0.493 e. The van der Waals surface area contributed by atoms with Crippen molar-refractivity contribution >= 4 is 59.0 Å².